The monoisotopic (exact) mass is 256 g/mol. The molecule has 0 aliphatic heterocycles. The summed E-state index contributed by atoms with van der Waals surface area (Å²) in [5, 5.41) is 11.8. The smallest absolute Gasteiger partial charge is 0.337 e. The molecule has 1 rings (SSSR count). The van der Waals surface area contributed by atoms with Gasteiger partial charge in [-0.25, -0.2) is 9.78 Å². The number of pyridine rings is 1. The van der Waals surface area contributed by atoms with E-state index in [1.807, 2.05) is 6.92 Å². The van der Waals surface area contributed by atoms with Crippen LogP contribution in [0.1, 0.15) is 23.7 Å². The lowest BCUT2D eigenvalue weighted by molar-refractivity contribution is 0.0696. The second-order valence-electron chi connectivity index (χ2n) is 3.85. The van der Waals surface area contributed by atoms with Gasteiger partial charge in [0.25, 0.3) is 0 Å². The lowest BCUT2D eigenvalue weighted by atomic mass is 10.2. The summed E-state index contributed by atoms with van der Waals surface area (Å²) in [6.45, 7) is 1.97. The third-order valence-corrected chi connectivity index (χ3v) is 3.05. The lowest BCUT2D eigenvalue weighted by Gasteiger charge is -2.13. The number of hydrogen-bond donors (Lipinski definition) is 2. The van der Waals surface area contributed by atoms with Crippen LogP contribution in [0.3, 0.4) is 0 Å². The van der Waals surface area contributed by atoms with Crippen molar-refractivity contribution in [1.29, 1.82) is 0 Å². The Morgan fingerprint density at radius 1 is 1.59 bits per heavy atom. The minimum atomic E-state index is -0.988. The van der Waals surface area contributed by atoms with Gasteiger partial charge < -0.3 is 10.4 Å². The number of nitrogens with zero attached hydrogens (tertiary/aromatic N) is 1. The number of rotatable bonds is 6. The number of hydrogen-bond acceptors (Lipinski definition) is 4. The van der Waals surface area contributed by atoms with E-state index in [4.69, 9.17) is 5.11 Å². The third-order valence-electron chi connectivity index (χ3n) is 2.24. The van der Waals surface area contributed by atoms with Crippen LogP contribution in [0.25, 0.3) is 0 Å². The van der Waals surface area contributed by atoms with E-state index < -0.39 is 16.8 Å². The second kappa shape index (κ2) is 6.34. The van der Waals surface area contributed by atoms with E-state index in [0.717, 1.165) is 6.42 Å². The van der Waals surface area contributed by atoms with Crippen LogP contribution in [-0.2, 0) is 10.8 Å². The molecule has 0 spiro atoms. The van der Waals surface area contributed by atoms with Gasteiger partial charge in [0.2, 0.25) is 0 Å². The van der Waals surface area contributed by atoms with Gasteiger partial charge in [-0.15, -0.1) is 0 Å². The van der Waals surface area contributed by atoms with Crippen molar-refractivity contribution in [3.8, 4) is 0 Å². The van der Waals surface area contributed by atoms with Gasteiger partial charge in [0.1, 0.15) is 5.82 Å². The number of nitrogens with one attached hydrogen (secondary N) is 1. The first-order valence-corrected chi connectivity index (χ1v) is 6.97. The molecule has 2 N–H and O–H groups in total. The first-order chi connectivity index (χ1) is 7.99. The highest BCUT2D eigenvalue weighted by atomic mass is 32.2. The van der Waals surface area contributed by atoms with Crippen molar-refractivity contribution in [1.82, 2.24) is 4.98 Å². The summed E-state index contributed by atoms with van der Waals surface area (Å²) in [6.07, 6.45) is 3.77. The molecular weight excluding hydrogens is 240 g/mol. The fraction of sp³-hybridized carbons (Fsp3) is 0.455. The summed E-state index contributed by atoms with van der Waals surface area (Å²) in [5.74, 6) is 0.282. The molecule has 0 aromatic carbocycles. The maximum Gasteiger partial charge on any atom is 0.337 e. The Hall–Kier alpha value is -1.43. The van der Waals surface area contributed by atoms with Crippen molar-refractivity contribution >= 4 is 22.6 Å². The average molecular weight is 256 g/mol. The van der Waals surface area contributed by atoms with Crippen LogP contribution in [0.5, 0.6) is 0 Å². The molecule has 0 fully saturated rings. The molecule has 2 unspecified atom stereocenters. The van der Waals surface area contributed by atoms with Gasteiger partial charge in [-0.1, -0.05) is 0 Å². The van der Waals surface area contributed by atoms with Crippen LogP contribution in [0.4, 0.5) is 5.82 Å². The molecule has 6 heteroatoms. The molecule has 94 valence electrons. The molecule has 1 aromatic heterocycles. The molecular formula is C11H16N2O3S. The Labute approximate surface area is 103 Å². The molecule has 0 aliphatic rings. The van der Waals surface area contributed by atoms with Crippen molar-refractivity contribution < 1.29 is 14.1 Å². The van der Waals surface area contributed by atoms with E-state index in [-0.39, 0.29) is 11.6 Å². The van der Waals surface area contributed by atoms with E-state index in [9.17, 15) is 9.00 Å². The van der Waals surface area contributed by atoms with Gasteiger partial charge in [-0.2, -0.15) is 0 Å². The number of aromatic carboxylic acids is 1. The van der Waals surface area contributed by atoms with Gasteiger partial charge in [-0.3, -0.25) is 4.21 Å². The lowest BCUT2D eigenvalue weighted by Crippen LogP contribution is -2.18. The van der Waals surface area contributed by atoms with Gasteiger partial charge in [0, 0.05) is 35.0 Å². The van der Waals surface area contributed by atoms with Crippen LogP contribution in [0, 0.1) is 0 Å². The van der Waals surface area contributed by atoms with Gasteiger partial charge in [0.05, 0.1) is 5.56 Å². The van der Waals surface area contributed by atoms with Crippen LogP contribution < -0.4 is 5.32 Å². The zero-order valence-corrected chi connectivity index (χ0v) is 10.7. The minimum Gasteiger partial charge on any atom is -0.478 e. The maximum absolute atomic E-state index is 10.9. The Morgan fingerprint density at radius 2 is 2.29 bits per heavy atom. The first kappa shape index (κ1) is 13.6. The topological polar surface area (TPSA) is 79.3 Å². The van der Waals surface area contributed by atoms with Crippen molar-refractivity contribution in [3.05, 3.63) is 23.9 Å². The number of anilines is 1. The predicted octanol–water partition coefficient (Wildman–Crippen LogP) is 1.35. The quantitative estimate of drug-likeness (QED) is 0.803. The van der Waals surface area contributed by atoms with Crippen molar-refractivity contribution in [2.75, 3.05) is 17.3 Å². The zero-order valence-electron chi connectivity index (χ0n) is 9.84. The zero-order chi connectivity index (χ0) is 12.8. The van der Waals surface area contributed by atoms with Crippen molar-refractivity contribution in [2.45, 2.75) is 19.4 Å². The molecule has 5 nitrogen and oxygen atoms in total. The average Bonchev–Trinajstić information content (AvgIpc) is 2.27. The fourth-order valence-corrected chi connectivity index (χ4v) is 1.96. The molecule has 1 aromatic rings. The van der Waals surface area contributed by atoms with Crippen LogP contribution in [0.2, 0.25) is 0 Å². The molecule has 0 bridgehead atoms. The molecule has 1 heterocycles. The van der Waals surface area contributed by atoms with Crippen LogP contribution >= 0.6 is 0 Å². The SMILES string of the molecule is CC(CCS(C)=O)Nc1ccc(C(=O)O)cn1. The highest BCUT2D eigenvalue weighted by Gasteiger charge is 2.06. The molecule has 0 amide bonds. The van der Waals surface area contributed by atoms with E-state index in [1.165, 1.54) is 12.3 Å². The van der Waals surface area contributed by atoms with E-state index in [2.05, 4.69) is 10.3 Å². The fourth-order valence-electron chi connectivity index (χ4n) is 1.27. The van der Waals surface area contributed by atoms with Crippen molar-refractivity contribution in [3.63, 3.8) is 0 Å². The van der Waals surface area contributed by atoms with Gasteiger partial charge >= 0.3 is 5.97 Å². The van der Waals surface area contributed by atoms with Gasteiger partial charge in [0.15, 0.2) is 0 Å². The normalized spacial score (nSPS) is 14.0. The summed E-state index contributed by atoms with van der Waals surface area (Å²) in [6, 6.07) is 3.28. The summed E-state index contributed by atoms with van der Waals surface area (Å²) >= 11 is 0. The Morgan fingerprint density at radius 3 is 2.76 bits per heavy atom. The molecule has 0 saturated carbocycles. The third kappa shape index (κ3) is 4.95. The number of carbonyl (C=O) groups is 1. The Balaban J connectivity index is 2.51. The summed E-state index contributed by atoms with van der Waals surface area (Å²) < 4.78 is 10.9. The van der Waals surface area contributed by atoms with Crippen LogP contribution in [0.15, 0.2) is 18.3 Å². The first-order valence-electron chi connectivity index (χ1n) is 5.25. The molecule has 2 atom stereocenters. The van der Waals surface area contributed by atoms with E-state index in [0.29, 0.717) is 11.6 Å². The van der Waals surface area contributed by atoms with Crippen LogP contribution in [-0.4, -0.2) is 38.3 Å². The Bertz CT molecular complexity index is 406. The molecule has 0 saturated heterocycles. The predicted molar refractivity (Wildman–Crippen MR) is 67.8 cm³/mol. The van der Waals surface area contributed by atoms with E-state index >= 15 is 0 Å². The molecule has 17 heavy (non-hydrogen) atoms. The minimum absolute atomic E-state index is 0.155. The summed E-state index contributed by atoms with van der Waals surface area (Å²) in [5.41, 5.74) is 0.165. The highest BCUT2D eigenvalue weighted by molar-refractivity contribution is 7.84. The summed E-state index contributed by atoms with van der Waals surface area (Å²) in [7, 11) is -0.792. The Kier molecular flexibility index (Phi) is 5.09. The second-order valence-corrected chi connectivity index (χ2v) is 5.40. The largest absolute Gasteiger partial charge is 0.478 e. The summed E-state index contributed by atoms with van der Waals surface area (Å²) in [4.78, 5) is 14.6. The molecule has 0 aliphatic carbocycles. The molecule has 0 radical (unpaired) electrons. The number of aromatic nitrogens is 1. The van der Waals surface area contributed by atoms with E-state index in [1.54, 1.807) is 12.3 Å². The number of carboxylic acids is 1. The standard InChI is InChI=1S/C11H16N2O3S/c1-8(5-6-17(2)16)13-10-4-3-9(7-12-10)11(14)15/h3-4,7-8H,5-6H2,1-2H3,(H,12,13)(H,14,15). The highest BCUT2D eigenvalue weighted by Crippen LogP contribution is 2.08. The van der Waals surface area contributed by atoms with Crippen molar-refractivity contribution in [2.24, 2.45) is 0 Å². The number of carboxylic acid groups (broad SMARTS) is 1. The van der Waals surface area contributed by atoms with Gasteiger partial charge in [-0.05, 0) is 25.5 Å². The maximum atomic E-state index is 10.9.